The zero-order valence-electron chi connectivity index (χ0n) is 9.28. The molecule has 0 aromatic carbocycles. The van der Waals surface area contributed by atoms with Crippen LogP contribution in [0.15, 0.2) is 16.5 Å². The molecule has 1 aliphatic rings. The third-order valence-corrected chi connectivity index (χ3v) is 2.89. The van der Waals surface area contributed by atoms with Gasteiger partial charge in [-0.15, -0.1) is 0 Å². The van der Waals surface area contributed by atoms with Gasteiger partial charge < -0.3 is 15.1 Å². The lowest BCUT2D eigenvalue weighted by molar-refractivity contribution is 0.139. The molecule has 84 valence electrons. The Morgan fingerprint density at radius 1 is 1.20 bits per heavy atom. The molecule has 4 nitrogen and oxygen atoms in total. The molecule has 1 saturated heterocycles. The fourth-order valence-electron chi connectivity index (χ4n) is 1.84. The Balaban J connectivity index is 1.86. The van der Waals surface area contributed by atoms with Crippen LogP contribution in [0.4, 0.5) is 0 Å². The molecule has 2 rings (SSSR count). The zero-order valence-corrected chi connectivity index (χ0v) is 9.28. The highest BCUT2D eigenvalue weighted by molar-refractivity contribution is 5.06. The minimum Gasteiger partial charge on any atom is -0.463 e. The van der Waals surface area contributed by atoms with Gasteiger partial charge in [0, 0.05) is 26.2 Å². The molecule has 1 aromatic rings. The number of hydrogen-bond donors (Lipinski definition) is 1. The number of likely N-dealkylation sites (N-methyl/N-ethyl adjacent to an activating group) is 1. The Kier molecular flexibility index (Phi) is 3.41. The first-order valence-corrected chi connectivity index (χ1v) is 5.46. The summed E-state index contributed by atoms with van der Waals surface area (Å²) in [5, 5.41) is 0. The van der Waals surface area contributed by atoms with Crippen LogP contribution in [0.5, 0.6) is 0 Å². The van der Waals surface area contributed by atoms with Gasteiger partial charge in [0.25, 0.3) is 0 Å². The molecule has 4 heteroatoms. The first-order chi connectivity index (χ1) is 7.28. The standard InChI is InChI=1S/C11H19N3O/c1-13-4-6-14(7-5-13)9-11-3-2-10(8-12)15-11/h2-3H,4-9,12H2,1H3. The normalized spacial score (nSPS) is 19.6. The lowest BCUT2D eigenvalue weighted by Gasteiger charge is -2.31. The Morgan fingerprint density at radius 3 is 2.47 bits per heavy atom. The van der Waals surface area contributed by atoms with Crippen molar-refractivity contribution in [1.82, 2.24) is 9.80 Å². The van der Waals surface area contributed by atoms with Crippen LogP contribution in [0.3, 0.4) is 0 Å². The summed E-state index contributed by atoms with van der Waals surface area (Å²) in [5.74, 6) is 1.90. The number of nitrogens with zero attached hydrogens (tertiary/aromatic N) is 2. The van der Waals surface area contributed by atoms with Gasteiger partial charge in [0.05, 0.1) is 13.1 Å². The van der Waals surface area contributed by atoms with Gasteiger partial charge in [0.2, 0.25) is 0 Å². The molecule has 2 heterocycles. The molecule has 0 bridgehead atoms. The largest absolute Gasteiger partial charge is 0.463 e. The highest BCUT2D eigenvalue weighted by atomic mass is 16.3. The average molecular weight is 209 g/mol. The van der Waals surface area contributed by atoms with Gasteiger partial charge >= 0.3 is 0 Å². The quantitative estimate of drug-likeness (QED) is 0.787. The van der Waals surface area contributed by atoms with E-state index in [2.05, 4.69) is 16.8 Å². The number of furan rings is 1. The maximum Gasteiger partial charge on any atom is 0.118 e. The summed E-state index contributed by atoms with van der Waals surface area (Å²) in [7, 11) is 2.16. The minimum absolute atomic E-state index is 0.489. The van der Waals surface area contributed by atoms with Crippen LogP contribution >= 0.6 is 0 Å². The maximum atomic E-state index is 5.58. The van der Waals surface area contributed by atoms with E-state index in [1.165, 1.54) is 0 Å². The topological polar surface area (TPSA) is 45.6 Å². The second-order valence-electron chi connectivity index (χ2n) is 4.15. The second kappa shape index (κ2) is 4.79. The Bertz CT molecular complexity index is 303. The second-order valence-corrected chi connectivity index (χ2v) is 4.15. The average Bonchev–Trinajstić information content (AvgIpc) is 2.69. The van der Waals surface area contributed by atoms with E-state index in [0.717, 1.165) is 44.2 Å². The lowest BCUT2D eigenvalue weighted by Crippen LogP contribution is -2.43. The van der Waals surface area contributed by atoms with Crippen molar-refractivity contribution >= 4 is 0 Å². The van der Waals surface area contributed by atoms with E-state index in [1.807, 2.05) is 12.1 Å². The predicted molar refractivity (Wildman–Crippen MR) is 59.4 cm³/mol. The van der Waals surface area contributed by atoms with Crippen molar-refractivity contribution in [2.24, 2.45) is 5.73 Å². The molecule has 0 radical (unpaired) electrons. The van der Waals surface area contributed by atoms with Crippen molar-refractivity contribution in [2.75, 3.05) is 33.2 Å². The summed E-state index contributed by atoms with van der Waals surface area (Å²) < 4.78 is 5.58. The maximum absolute atomic E-state index is 5.58. The van der Waals surface area contributed by atoms with Gasteiger partial charge in [0.15, 0.2) is 0 Å². The molecule has 0 saturated carbocycles. The monoisotopic (exact) mass is 209 g/mol. The van der Waals surface area contributed by atoms with Gasteiger partial charge in [-0.2, -0.15) is 0 Å². The van der Waals surface area contributed by atoms with E-state index in [0.29, 0.717) is 6.54 Å². The van der Waals surface area contributed by atoms with Crippen molar-refractivity contribution in [3.05, 3.63) is 23.7 Å². The van der Waals surface area contributed by atoms with Crippen LogP contribution in [0.1, 0.15) is 11.5 Å². The third kappa shape index (κ3) is 2.81. The molecule has 15 heavy (non-hydrogen) atoms. The highest BCUT2D eigenvalue weighted by Crippen LogP contribution is 2.11. The number of piperazine rings is 1. The van der Waals surface area contributed by atoms with Gasteiger partial charge in [-0.25, -0.2) is 0 Å². The Hall–Kier alpha value is -0.840. The van der Waals surface area contributed by atoms with Gasteiger partial charge in [-0.3, -0.25) is 4.90 Å². The fourth-order valence-corrected chi connectivity index (χ4v) is 1.84. The zero-order chi connectivity index (χ0) is 10.7. The Morgan fingerprint density at radius 2 is 1.87 bits per heavy atom. The summed E-state index contributed by atoms with van der Waals surface area (Å²) in [6.07, 6.45) is 0. The first-order valence-electron chi connectivity index (χ1n) is 5.46. The first kappa shape index (κ1) is 10.7. The minimum atomic E-state index is 0.489. The SMILES string of the molecule is CN1CCN(Cc2ccc(CN)o2)CC1. The van der Waals surface area contributed by atoms with Crippen LogP contribution in [-0.2, 0) is 13.1 Å². The van der Waals surface area contributed by atoms with Crippen LogP contribution in [0.25, 0.3) is 0 Å². The van der Waals surface area contributed by atoms with E-state index >= 15 is 0 Å². The number of hydrogen-bond acceptors (Lipinski definition) is 4. The van der Waals surface area contributed by atoms with Gasteiger partial charge in [-0.05, 0) is 19.2 Å². The van der Waals surface area contributed by atoms with Gasteiger partial charge in [-0.1, -0.05) is 0 Å². The molecule has 1 aliphatic heterocycles. The lowest BCUT2D eigenvalue weighted by atomic mass is 10.3. The predicted octanol–water partition coefficient (Wildman–Crippen LogP) is 0.486. The molecule has 0 spiro atoms. The molecule has 0 amide bonds. The summed E-state index contributed by atoms with van der Waals surface area (Å²) in [5.41, 5.74) is 5.50. The summed E-state index contributed by atoms with van der Waals surface area (Å²) in [6, 6.07) is 3.99. The van der Waals surface area contributed by atoms with Crippen molar-refractivity contribution < 1.29 is 4.42 Å². The van der Waals surface area contributed by atoms with E-state index in [-0.39, 0.29) is 0 Å². The molecule has 1 aromatic heterocycles. The molecule has 2 N–H and O–H groups in total. The number of nitrogens with two attached hydrogens (primary N) is 1. The summed E-state index contributed by atoms with van der Waals surface area (Å²) >= 11 is 0. The molecule has 0 aliphatic carbocycles. The highest BCUT2D eigenvalue weighted by Gasteiger charge is 2.14. The van der Waals surface area contributed by atoms with Crippen molar-refractivity contribution in [3.63, 3.8) is 0 Å². The molecular formula is C11H19N3O. The fraction of sp³-hybridized carbons (Fsp3) is 0.636. The molecule has 0 unspecified atom stereocenters. The van der Waals surface area contributed by atoms with Crippen LogP contribution < -0.4 is 5.73 Å². The van der Waals surface area contributed by atoms with Crippen molar-refractivity contribution in [1.29, 1.82) is 0 Å². The Labute approximate surface area is 90.6 Å². The van der Waals surface area contributed by atoms with Crippen LogP contribution in [-0.4, -0.2) is 43.0 Å². The van der Waals surface area contributed by atoms with Crippen LogP contribution in [0.2, 0.25) is 0 Å². The summed E-state index contributed by atoms with van der Waals surface area (Å²) in [4.78, 5) is 4.77. The number of rotatable bonds is 3. The van der Waals surface area contributed by atoms with E-state index in [4.69, 9.17) is 10.2 Å². The van der Waals surface area contributed by atoms with E-state index < -0.39 is 0 Å². The van der Waals surface area contributed by atoms with Crippen LogP contribution in [0, 0.1) is 0 Å². The molecule has 0 atom stereocenters. The smallest absolute Gasteiger partial charge is 0.118 e. The van der Waals surface area contributed by atoms with Crippen molar-refractivity contribution in [3.8, 4) is 0 Å². The van der Waals surface area contributed by atoms with Gasteiger partial charge in [0.1, 0.15) is 11.5 Å². The van der Waals surface area contributed by atoms with Crippen molar-refractivity contribution in [2.45, 2.75) is 13.1 Å². The molecule has 1 fully saturated rings. The summed E-state index contributed by atoms with van der Waals surface area (Å²) in [6.45, 7) is 5.93. The molecular weight excluding hydrogens is 190 g/mol. The third-order valence-electron chi connectivity index (χ3n) is 2.89. The van der Waals surface area contributed by atoms with E-state index in [9.17, 15) is 0 Å². The van der Waals surface area contributed by atoms with E-state index in [1.54, 1.807) is 0 Å².